The van der Waals surface area contributed by atoms with Gasteiger partial charge < -0.3 is 9.88 Å². The molecule has 1 aromatic carbocycles. The van der Waals surface area contributed by atoms with E-state index in [0.29, 0.717) is 23.6 Å². The van der Waals surface area contributed by atoms with E-state index in [1.54, 1.807) is 43.1 Å². The van der Waals surface area contributed by atoms with Crippen LogP contribution in [0.2, 0.25) is 0 Å². The number of hydrogen-bond acceptors (Lipinski definition) is 4. The van der Waals surface area contributed by atoms with Crippen molar-refractivity contribution in [1.82, 2.24) is 14.5 Å². The van der Waals surface area contributed by atoms with Crippen molar-refractivity contribution < 1.29 is 14.0 Å². The molecular weight excluding hydrogens is 335 g/mol. The molecule has 0 radical (unpaired) electrons. The zero-order valence-corrected chi connectivity index (χ0v) is 15.0. The predicted octanol–water partition coefficient (Wildman–Crippen LogP) is 2.40. The minimum absolute atomic E-state index is 0.0169. The topological polar surface area (TPSA) is 67.2 Å². The molecule has 2 aromatic rings. The van der Waals surface area contributed by atoms with Crippen molar-refractivity contribution in [2.45, 2.75) is 19.8 Å². The molecule has 3 rings (SSSR count). The monoisotopic (exact) mass is 358 g/mol. The second-order valence-corrected chi connectivity index (χ2v) is 6.81. The van der Waals surface area contributed by atoms with Gasteiger partial charge in [0.2, 0.25) is 11.7 Å². The SMILES string of the molecule is Cc1ccc(NC(=O)CN2CCCC(C(=O)c3nccn3C)C2)cc1F. The number of ketones is 1. The van der Waals surface area contributed by atoms with Crippen molar-refractivity contribution in [2.75, 3.05) is 25.0 Å². The molecule has 1 amide bonds. The highest BCUT2D eigenvalue weighted by molar-refractivity contribution is 5.95. The van der Waals surface area contributed by atoms with Gasteiger partial charge in [0.05, 0.1) is 6.54 Å². The van der Waals surface area contributed by atoms with Crippen LogP contribution in [0.5, 0.6) is 0 Å². The molecular formula is C19H23FN4O2. The Morgan fingerprint density at radius 3 is 2.88 bits per heavy atom. The lowest BCUT2D eigenvalue weighted by molar-refractivity contribution is -0.117. The van der Waals surface area contributed by atoms with Crippen LogP contribution in [-0.4, -0.2) is 45.8 Å². The summed E-state index contributed by atoms with van der Waals surface area (Å²) in [6, 6.07) is 4.63. The van der Waals surface area contributed by atoms with Crippen LogP contribution in [0.15, 0.2) is 30.6 Å². The Morgan fingerprint density at radius 2 is 2.19 bits per heavy atom. The third-order valence-electron chi connectivity index (χ3n) is 4.74. The van der Waals surface area contributed by atoms with Crippen LogP contribution >= 0.6 is 0 Å². The van der Waals surface area contributed by atoms with Gasteiger partial charge in [0.25, 0.3) is 0 Å². The third kappa shape index (κ3) is 4.16. The zero-order chi connectivity index (χ0) is 18.7. The van der Waals surface area contributed by atoms with Crippen molar-refractivity contribution in [3.8, 4) is 0 Å². The molecule has 26 heavy (non-hydrogen) atoms. The van der Waals surface area contributed by atoms with Crippen LogP contribution in [0.25, 0.3) is 0 Å². The van der Waals surface area contributed by atoms with Gasteiger partial charge in [-0.25, -0.2) is 9.37 Å². The minimum Gasteiger partial charge on any atom is -0.332 e. The van der Waals surface area contributed by atoms with E-state index in [1.165, 1.54) is 6.07 Å². The molecule has 1 aromatic heterocycles. The molecule has 1 N–H and O–H groups in total. The lowest BCUT2D eigenvalue weighted by Crippen LogP contribution is -2.43. The van der Waals surface area contributed by atoms with Crippen LogP contribution in [-0.2, 0) is 11.8 Å². The maximum atomic E-state index is 13.6. The number of anilines is 1. The fourth-order valence-corrected chi connectivity index (χ4v) is 3.27. The smallest absolute Gasteiger partial charge is 0.238 e. The molecule has 1 aliphatic rings. The molecule has 1 aliphatic heterocycles. The summed E-state index contributed by atoms with van der Waals surface area (Å²) >= 11 is 0. The Bertz CT molecular complexity index is 818. The number of likely N-dealkylation sites (tertiary alicyclic amines) is 1. The first-order chi connectivity index (χ1) is 12.4. The minimum atomic E-state index is -0.346. The number of halogens is 1. The van der Waals surface area contributed by atoms with Crippen molar-refractivity contribution >= 4 is 17.4 Å². The number of amides is 1. The standard InChI is InChI=1S/C19H23FN4O2/c1-13-5-6-15(10-16(13)20)22-17(25)12-24-8-3-4-14(11-24)18(26)19-21-7-9-23(19)2/h5-7,9-10,14H,3-4,8,11-12H2,1-2H3,(H,22,25). The van der Waals surface area contributed by atoms with Gasteiger partial charge in [0.1, 0.15) is 5.82 Å². The molecule has 0 aliphatic carbocycles. The van der Waals surface area contributed by atoms with E-state index in [9.17, 15) is 14.0 Å². The van der Waals surface area contributed by atoms with Gasteiger partial charge in [0, 0.05) is 37.6 Å². The van der Waals surface area contributed by atoms with Gasteiger partial charge in [0.15, 0.2) is 5.82 Å². The molecule has 7 heteroatoms. The Balaban J connectivity index is 1.57. The highest BCUT2D eigenvalue weighted by Gasteiger charge is 2.29. The molecule has 1 unspecified atom stereocenters. The highest BCUT2D eigenvalue weighted by Crippen LogP contribution is 2.20. The number of aryl methyl sites for hydroxylation is 2. The van der Waals surface area contributed by atoms with Crippen LogP contribution in [0, 0.1) is 18.7 Å². The number of benzene rings is 1. The van der Waals surface area contributed by atoms with E-state index in [-0.39, 0.29) is 30.0 Å². The van der Waals surface area contributed by atoms with Gasteiger partial charge in [-0.1, -0.05) is 6.07 Å². The average Bonchev–Trinajstić information content (AvgIpc) is 3.03. The van der Waals surface area contributed by atoms with E-state index in [1.807, 2.05) is 4.90 Å². The van der Waals surface area contributed by atoms with E-state index in [2.05, 4.69) is 10.3 Å². The molecule has 6 nitrogen and oxygen atoms in total. The molecule has 138 valence electrons. The van der Waals surface area contributed by atoms with Gasteiger partial charge in [-0.3, -0.25) is 14.5 Å². The van der Waals surface area contributed by atoms with E-state index in [4.69, 9.17) is 0 Å². The van der Waals surface area contributed by atoms with Crippen LogP contribution in [0.4, 0.5) is 10.1 Å². The van der Waals surface area contributed by atoms with Gasteiger partial charge in [-0.15, -0.1) is 0 Å². The second-order valence-electron chi connectivity index (χ2n) is 6.81. The number of carbonyl (C=O) groups excluding carboxylic acids is 2. The number of aromatic nitrogens is 2. The summed E-state index contributed by atoms with van der Waals surface area (Å²) in [7, 11) is 1.80. The normalized spacial score (nSPS) is 17.9. The first kappa shape index (κ1) is 18.3. The van der Waals surface area contributed by atoms with Crippen molar-refractivity contribution in [3.63, 3.8) is 0 Å². The summed E-state index contributed by atoms with van der Waals surface area (Å²) in [4.78, 5) is 31.0. The number of nitrogens with zero attached hydrogens (tertiary/aromatic N) is 3. The lowest BCUT2D eigenvalue weighted by Gasteiger charge is -2.31. The summed E-state index contributed by atoms with van der Waals surface area (Å²) in [5.41, 5.74) is 0.977. The van der Waals surface area contributed by atoms with Gasteiger partial charge in [-0.05, 0) is 44.0 Å². The molecule has 1 saturated heterocycles. The Kier molecular flexibility index (Phi) is 5.46. The Hall–Kier alpha value is -2.54. The summed E-state index contributed by atoms with van der Waals surface area (Å²) < 4.78 is 15.3. The number of hydrogen-bond donors (Lipinski definition) is 1. The van der Waals surface area contributed by atoms with E-state index < -0.39 is 0 Å². The summed E-state index contributed by atoms with van der Waals surface area (Å²) in [6.45, 7) is 3.15. The van der Waals surface area contributed by atoms with Gasteiger partial charge in [-0.2, -0.15) is 0 Å². The molecule has 1 atom stereocenters. The number of piperidine rings is 1. The largest absolute Gasteiger partial charge is 0.332 e. The predicted molar refractivity (Wildman–Crippen MR) is 96.5 cm³/mol. The average molecular weight is 358 g/mol. The first-order valence-corrected chi connectivity index (χ1v) is 8.74. The lowest BCUT2D eigenvalue weighted by atomic mass is 9.93. The summed E-state index contributed by atoms with van der Waals surface area (Å²) in [5.74, 6) is -0.242. The number of Topliss-reactive ketones (excluding diaryl/α,β-unsaturated/α-hetero) is 1. The summed E-state index contributed by atoms with van der Waals surface area (Å²) in [5, 5.41) is 2.72. The van der Waals surface area contributed by atoms with E-state index >= 15 is 0 Å². The number of rotatable bonds is 5. The maximum absolute atomic E-state index is 13.6. The van der Waals surface area contributed by atoms with Gasteiger partial charge >= 0.3 is 0 Å². The highest BCUT2D eigenvalue weighted by atomic mass is 19.1. The Labute approximate surface area is 152 Å². The zero-order valence-electron chi connectivity index (χ0n) is 15.0. The maximum Gasteiger partial charge on any atom is 0.238 e. The fraction of sp³-hybridized carbons (Fsp3) is 0.421. The van der Waals surface area contributed by atoms with Crippen molar-refractivity contribution in [3.05, 3.63) is 47.8 Å². The molecule has 0 spiro atoms. The molecule has 2 heterocycles. The van der Waals surface area contributed by atoms with Crippen LogP contribution < -0.4 is 5.32 Å². The summed E-state index contributed by atoms with van der Waals surface area (Å²) in [6.07, 6.45) is 5.02. The van der Waals surface area contributed by atoms with Crippen LogP contribution in [0.3, 0.4) is 0 Å². The number of nitrogens with one attached hydrogen (secondary N) is 1. The Morgan fingerprint density at radius 1 is 1.38 bits per heavy atom. The number of carbonyl (C=O) groups is 2. The second kappa shape index (κ2) is 7.78. The molecule has 1 fully saturated rings. The quantitative estimate of drug-likeness (QED) is 0.834. The van der Waals surface area contributed by atoms with Crippen molar-refractivity contribution in [2.24, 2.45) is 13.0 Å². The van der Waals surface area contributed by atoms with Crippen LogP contribution in [0.1, 0.15) is 29.0 Å². The number of imidazole rings is 1. The van der Waals surface area contributed by atoms with Crippen molar-refractivity contribution in [1.29, 1.82) is 0 Å². The first-order valence-electron chi connectivity index (χ1n) is 8.74. The van der Waals surface area contributed by atoms with E-state index in [0.717, 1.165) is 19.4 Å². The third-order valence-corrected chi connectivity index (χ3v) is 4.74. The molecule has 0 saturated carbocycles. The fourth-order valence-electron chi connectivity index (χ4n) is 3.27. The molecule has 0 bridgehead atoms.